The van der Waals surface area contributed by atoms with E-state index in [4.69, 9.17) is 22.0 Å². The number of aliphatic hydroxyl groups excluding tert-OH is 2. The maximum Gasteiger partial charge on any atom is 0.326 e. The van der Waals surface area contributed by atoms with Gasteiger partial charge in [-0.3, -0.25) is 10.1 Å². The van der Waals surface area contributed by atoms with Gasteiger partial charge in [-0.15, -0.1) is 0 Å². The summed E-state index contributed by atoms with van der Waals surface area (Å²) in [7, 11) is 0. The van der Waals surface area contributed by atoms with Gasteiger partial charge in [-0.25, -0.2) is 4.79 Å². The molecule has 3 amide bonds. The minimum atomic E-state index is -1.03. The average molecular weight is 353 g/mol. The molecule has 8 nitrogen and oxygen atoms in total. The minimum Gasteiger partial charge on any atom is -0.394 e. The molecule has 0 saturated heterocycles. The molecule has 0 radical (unpaired) electrons. The normalized spacial score (nSPS) is 12.5. The van der Waals surface area contributed by atoms with Gasteiger partial charge in [-0.1, -0.05) is 17.7 Å². The first-order valence-corrected chi connectivity index (χ1v) is 7.26. The standard InChI is InChI=1S/C15H17ClN4O4/c1-9(18-7-12(22)8-21)13(6-17)14(23)20-15(24)19-11-4-2-3-10(16)5-11/h2-5,12,18,21-22H,7-8H2,1H3,(H2,19,20,23,24). The molecule has 1 aromatic rings. The number of amides is 3. The highest BCUT2D eigenvalue weighted by atomic mass is 35.5. The van der Waals surface area contributed by atoms with Gasteiger partial charge < -0.3 is 20.8 Å². The summed E-state index contributed by atoms with van der Waals surface area (Å²) in [5.74, 6) is -0.902. The van der Waals surface area contributed by atoms with Gasteiger partial charge in [-0.05, 0) is 25.1 Å². The number of benzene rings is 1. The molecule has 0 spiro atoms. The third-order valence-electron chi connectivity index (χ3n) is 2.84. The van der Waals surface area contributed by atoms with Crippen LogP contribution in [0.5, 0.6) is 0 Å². The quantitative estimate of drug-likeness (QED) is 0.378. The van der Waals surface area contributed by atoms with E-state index >= 15 is 0 Å². The zero-order valence-corrected chi connectivity index (χ0v) is 13.6. The summed E-state index contributed by atoms with van der Waals surface area (Å²) in [6.07, 6.45) is -1.03. The van der Waals surface area contributed by atoms with Crippen LogP contribution in [0, 0.1) is 11.3 Å². The zero-order valence-electron chi connectivity index (χ0n) is 12.8. The lowest BCUT2D eigenvalue weighted by atomic mass is 10.2. The van der Waals surface area contributed by atoms with Gasteiger partial charge in [0, 0.05) is 23.0 Å². The lowest BCUT2D eigenvalue weighted by Crippen LogP contribution is -2.37. The summed E-state index contributed by atoms with van der Waals surface area (Å²) in [6.45, 7) is 0.934. The number of nitrogens with one attached hydrogen (secondary N) is 3. The predicted octanol–water partition coefficient (Wildman–Crippen LogP) is 0.728. The Labute approximate surface area is 143 Å². The fourth-order valence-corrected chi connectivity index (χ4v) is 1.81. The highest BCUT2D eigenvalue weighted by Gasteiger charge is 2.16. The fourth-order valence-electron chi connectivity index (χ4n) is 1.62. The minimum absolute atomic E-state index is 0.0461. The second kappa shape index (κ2) is 9.52. The molecular formula is C15H17ClN4O4. The Balaban J connectivity index is 2.69. The molecule has 9 heteroatoms. The molecule has 24 heavy (non-hydrogen) atoms. The van der Waals surface area contributed by atoms with Crippen LogP contribution in [0.25, 0.3) is 0 Å². The predicted molar refractivity (Wildman–Crippen MR) is 88.0 cm³/mol. The third kappa shape index (κ3) is 6.26. The van der Waals surface area contributed by atoms with Crippen molar-refractivity contribution in [1.29, 1.82) is 5.26 Å². The van der Waals surface area contributed by atoms with Crippen LogP contribution in [0.3, 0.4) is 0 Å². The molecule has 1 aromatic carbocycles. The lowest BCUT2D eigenvalue weighted by molar-refractivity contribution is -0.116. The highest BCUT2D eigenvalue weighted by molar-refractivity contribution is 6.30. The number of hydrogen-bond donors (Lipinski definition) is 5. The summed E-state index contributed by atoms with van der Waals surface area (Å²) in [5.41, 5.74) is 0.232. The topological polar surface area (TPSA) is 134 Å². The summed E-state index contributed by atoms with van der Waals surface area (Å²) in [6, 6.07) is 7.19. The van der Waals surface area contributed by atoms with Crippen LogP contribution in [0.2, 0.25) is 5.02 Å². The van der Waals surface area contributed by atoms with Crippen molar-refractivity contribution in [2.24, 2.45) is 0 Å². The number of imide groups is 1. The number of hydrogen-bond acceptors (Lipinski definition) is 6. The number of allylic oxidation sites excluding steroid dienone is 1. The van der Waals surface area contributed by atoms with Crippen LogP contribution in [0.1, 0.15) is 6.92 Å². The highest BCUT2D eigenvalue weighted by Crippen LogP contribution is 2.14. The average Bonchev–Trinajstić information content (AvgIpc) is 2.52. The van der Waals surface area contributed by atoms with Gasteiger partial charge >= 0.3 is 6.03 Å². The molecule has 0 saturated carbocycles. The van der Waals surface area contributed by atoms with Crippen molar-refractivity contribution in [3.05, 3.63) is 40.6 Å². The fraction of sp³-hybridized carbons (Fsp3) is 0.267. The van der Waals surface area contributed by atoms with Gasteiger partial charge in [0.1, 0.15) is 11.6 Å². The largest absolute Gasteiger partial charge is 0.394 e. The Kier molecular flexibility index (Phi) is 7.71. The van der Waals surface area contributed by atoms with Crippen LogP contribution < -0.4 is 16.0 Å². The zero-order chi connectivity index (χ0) is 18.1. The Morgan fingerprint density at radius 2 is 2.12 bits per heavy atom. The Morgan fingerprint density at radius 1 is 1.42 bits per heavy atom. The molecule has 1 atom stereocenters. The number of aliphatic hydroxyl groups is 2. The Hall–Kier alpha value is -2.60. The van der Waals surface area contributed by atoms with Gasteiger partial charge in [-0.2, -0.15) is 5.26 Å². The molecule has 0 bridgehead atoms. The molecule has 0 aromatic heterocycles. The van der Waals surface area contributed by atoms with E-state index in [0.29, 0.717) is 10.7 Å². The number of rotatable bonds is 6. The Bertz CT molecular complexity index is 684. The van der Waals surface area contributed by atoms with Crippen molar-refractivity contribution < 1.29 is 19.8 Å². The molecule has 0 aliphatic rings. The van der Waals surface area contributed by atoms with Crippen molar-refractivity contribution in [2.75, 3.05) is 18.5 Å². The van der Waals surface area contributed by atoms with Crippen LogP contribution in [0.15, 0.2) is 35.5 Å². The van der Waals surface area contributed by atoms with Crippen LogP contribution >= 0.6 is 11.6 Å². The van der Waals surface area contributed by atoms with Crippen molar-refractivity contribution >= 4 is 29.2 Å². The number of anilines is 1. The van der Waals surface area contributed by atoms with Gasteiger partial charge in [0.15, 0.2) is 0 Å². The number of halogens is 1. The molecule has 0 aliphatic heterocycles. The van der Waals surface area contributed by atoms with E-state index in [1.807, 2.05) is 5.32 Å². The van der Waals surface area contributed by atoms with Crippen LogP contribution in [-0.4, -0.2) is 41.4 Å². The van der Waals surface area contributed by atoms with E-state index in [-0.39, 0.29) is 17.8 Å². The number of carbonyl (C=O) groups excluding carboxylic acids is 2. The number of urea groups is 1. The van der Waals surface area contributed by atoms with Crippen LogP contribution in [-0.2, 0) is 4.79 Å². The molecule has 1 rings (SSSR count). The van der Waals surface area contributed by atoms with Gasteiger partial charge in [0.05, 0.1) is 12.7 Å². The first kappa shape index (κ1) is 19.4. The van der Waals surface area contributed by atoms with E-state index in [0.717, 1.165) is 0 Å². The van der Waals surface area contributed by atoms with E-state index in [2.05, 4.69) is 10.6 Å². The summed E-state index contributed by atoms with van der Waals surface area (Å²) >= 11 is 5.79. The lowest BCUT2D eigenvalue weighted by Gasteiger charge is -2.12. The monoisotopic (exact) mass is 352 g/mol. The van der Waals surface area contributed by atoms with E-state index in [9.17, 15) is 14.7 Å². The summed E-state index contributed by atoms with van der Waals surface area (Å²) in [4.78, 5) is 23.7. The second-order valence-electron chi connectivity index (χ2n) is 4.75. The van der Waals surface area contributed by atoms with Gasteiger partial charge in [0.25, 0.3) is 5.91 Å². The number of carbonyl (C=O) groups is 2. The maximum absolute atomic E-state index is 12.0. The molecule has 5 N–H and O–H groups in total. The first-order valence-electron chi connectivity index (χ1n) is 6.89. The maximum atomic E-state index is 12.0. The van der Waals surface area contributed by atoms with Crippen molar-refractivity contribution in [3.8, 4) is 6.07 Å². The van der Waals surface area contributed by atoms with E-state index in [1.165, 1.54) is 13.0 Å². The van der Waals surface area contributed by atoms with E-state index < -0.39 is 24.6 Å². The molecule has 128 valence electrons. The molecule has 1 unspecified atom stereocenters. The molecule has 0 heterocycles. The second-order valence-corrected chi connectivity index (χ2v) is 5.18. The number of nitrogens with zero attached hydrogens (tertiary/aromatic N) is 1. The van der Waals surface area contributed by atoms with Crippen molar-refractivity contribution in [3.63, 3.8) is 0 Å². The third-order valence-corrected chi connectivity index (χ3v) is 3.07. The molecule has 0 fully saturated rings. The van der Waals surface area contributed by atoms with Crippen molar-refractivity contribution in [1.82, 2.24) is 10.6 Å². The SMILES string of the molecule is CC(NCC(O)CO)=C(C#N)C(=O)NC(=O)Nc1cccc(Cl)c1. The first-order chi connectivity index (χ1) is 11.4. The Morgan fingerprint density at radius 3 is 2.71 bits per heavy atom. The van der Waals surface area contributed by atoms with Crippen molar-refractivity contribution in [2.45, 2.75) is 13.0 Å². The smallest absolute Gasteiger partial charge is 0.326 e. The van der Waals surface area contributed by atoms with Gasteiger partial charge in [0.2, 0.25) is 0 Å². The summed E-state index contributed by atoms with van der Waals surface area (Å²) in [5, 5.41) is 34.5. The van der Waals surface area contributed by atoms with E-state index in [1.54, 1.807) is 24.3 Å². The summed E-state index contributed by atoms with van der Waals surface area (Å²) < 4.78 is 0. The molecule has 0 aliphatic carbocycles. The van der Waals surface area contributed by atoms with Crippen LogP contribution in [0.4, 0.5) is 10.5 Å². The number of nitriles is 1. The molecular weight excluding hydrogens is 336 g/mol.